The molecule has 4 nitrogen and oxygen atoms in total. The zero-order chi connectivity index (χ0) is 14.5. The normalized spacial score (nSPS) is 10.2. The Hall–Kier alpha value is -1.53. The van der Waals surface area contributed by atoms with Crippen molar-refractivity contribution in [3.05, 3.63) is 44.6 Å². The summed E-state index contributed by atoms with van der Waals surface area (Å²) in [7, 11) is 1.59. The molecular weight excluding hydrogens is 338 g/mol. The number of nitrogens with one attached hydrogen (secondary N) is 3. The fourth-order valence-corrected chi connectivity index (χ4v) is 3.20. The maximum absolute atomic E-state index is 11.2. The lowest BCUT2D eigenvalue weighted by atomic mass is 10.2. The van der Waals surface area contributed by atoms with Gasteiger partial charge in [0, 0.05) is 39.2 Å². The first-order chi connectivity index (χ1) is 9.58. The highest BCUT2D eigenvalue weighted by molar-refractivity contribution is 9.10. The lowest BCUT2D eigenvalue weighted by Crippen LogP contribution is -2.24. The van der Waals surface area contributed by atoms with Crippen molar-refractivity contribution in [1.29, 1.82) is 0 Å². The topological polar surface area (TPSA) is 53.2 Å². The van der Waals surface area contributed by atoms with E-state index in [0.29, 0.717) is 0 Å². The van der Waals surface area contributed by atoms with Crippen LogP contribution < -0.4 is 16.0 Å². The number of thiophene rings is 1. The molecule has 0 fully saturated rings. The van der Waals surface area contributed by atoms with E-state index in [-0.39, 0.29) is 6.03 Å². The summed E-state index contributed by atoms with van der Waals surface area (Å²) < 4.78 is 1.16. The van der Waals surface area contributed by atoms with Crippen molar-refractivity contribution in [1.82, 2.24) is 5.32 Å². The molecule has 0 bridgehead atoms. The van der Waals surface area contributed by atoms with Crippen molar-refractivity contribution in [3.8, 4) is 0 Å². The molecule has 1 aromatic carbocycles. The molecule has 2 aromatic rings. The average Bonchev–Trinajstić information content (AvgIpc) is 2.77. The molecule has 1 heterocycles. The Morgan fingerprint density at radius 3 is 2.45 bits per heavy atom. The van der Waals surface area contributed by atoms with Gasteiger partial charge in [0.05, 0.1) is 0 Å². The predicted octanol–water partition coefficient (Wildman–Crippen LogP) is 4.18. The van der Waals surface area contributed by atoms with Gasteiger partial charge in [0.15, 0.2) is 0 Å². The van der Waals surface area contributed by atoms with E-state index in [1.54, 1.807) is 18.4 Å². The van der Waals surface area contributed by atoms with Crippen LogP contribution >= 0.6 is 27.3 Å². The largest absolute Gasteiger partial charge is 0.380 e. The lowest BCUT2D eigenvalue weighted by Gasteiger charge is -2.07. The van der Waals surface area contributed by atoms with Crippen molar-refractivity contribution in [2.45, 2.75) is 13.5 Å². The maximum Gasteiger partial charge on any atom is 0.318 e. The zero-order valence-corrected chi connectivity index (χ0v) is 13.7. The third-order valence-electron chi connectivity index (χ3n) is 2.74. The van der Waals surface area contributed by atoms with Gasteiger partial charge in [-0.15, -0.1) is 11.3 Å². The third kappa shape index (κ3) is 3.98. The van der Waals surface area contributed by atoms with Crippen LogP contribution in [0.4, 0.5) is 16.2 Å². The number of amides is 2. The smallest absolute Gasteiger partial charge is 0.318 e. The molecule has 1 aromatic heterocycles. The van der Waals surface area contributed by atoms with E-state index in [0.717, 1.165) is 22.4 Å². The number of carbonyl (C=O) groups excluding carboxylic acids is 1. The van der Waals surface area contributed by atoms with Crippen molar-refractivity contribution >= 4 is 44.7 Å². The number of hydrogen-bond donors (Lipinski definition) is 3. The second kappa shape index (κ2) is 6.76. The minimum Gasteiger partial charge on any atom is -0.380 e. The van der Waals surface area contributed by atoms with E-state index < -0.39 is 0 Å². The molecular formula is C14H16BrN3OS. The van der Waals surface area contributed by atoms with Gasteiger partial charge in [-0.3, -0.25) is 0 Å². The van der Waals surface area contributed by atoms with Gasteiger partial charge in [-0.25, -0.2) is 4.79 Å². The summed E-state index contributed by atoms with van der Waals surface area (Å²) >= 11 is 5.29. The number of aryl methyl sites for hydroxylation is 1. The molecule has 0 atom stereocenters. The maximum atomic E-state index is 11.2. The van der Waals surface area contributed by atoms with E-state index in [1.807, 2.05) is 24.3 Å². The molecule has 6 heteroatoms. The van der Waals surface area contributed by atoms with Crippen LogP contribution in [0.2, 0.25) is 0 Å². The number of urea groups is 1. The standard InChI is InChI=1S/C14H16BrN3OS/c1-9-13(15)7-12(20-9)8-17-10-3-5-11(6-4-10)18-14(19)16-2/h3-7,17H,8H2,1-2H3,(H2,16,18,19). The highest BCUT2D eigenvalue weighted by Crippen LogP contribution is 2.27. The summed E-state index contributed by atoms with van der Waals surface area (Å²) in [5.74, 6) is 0. The van der Waals surface area contributed by atoms with Gasteiger partial charge in [0.2, 0.25) is 0 Å². The first kappa shape index (κ1) is 14.9. The zero-order valence-electron chi connectivity index (χ0n) is 11.3. The van der Waals surface area contributed by atoms with Gasteiger partial charge in [-0.1, -0.05) is 0 Å². The van der Waals surface area contributed by atoms with Crippen LogP contribution in [-0.2, 0) is 6.54 Å². The Labute approximate surface area is 130 Å². The highest BCUT2D eigenvalue weighted by Gasteiger charge is 2.03. The van der Waals surface area contributed by atoms with Crippen molar-refractivity contribution in [3.63, 3.8) is 0 Å². The summed E-state index contributed by atoms with van der Waals surface area (Å²) in [6, 6.07) is 9.54. The van der Waals surface area contributed by atoms with Gasteiger partial charge in [0.25, 0.3) is 0 Å². The minimum atomic E-state index is -0.218. The van der Waals surface area contributed by atoms with E-state index in [1.165, 1.54) is 9.75 Å². The molecule has 0 aliphatic heterocycles. The van der Waals surface area contributed by atoms with Crippen LogP contribution in [-0.4, -0.2) is 13.1 Å². The molecule has 0 aliphatic carbocycles. The van der Waals surface area contributed by atoms with Crippen LogP contribution in [0.15, 0.2) is 34.8 Å². The number of rotatable bonds is 4. The fraction of sp³-hybridized carbons (Fsp3) is 0.214. The quantitative estimate of drug-likeness (QED) is 0.771. The SMILES string of the molecule is CNC(=O)Nc1ccc(NCc2cc(Br)c(C)s2)cc1. The molecule has 106 valence electrons. The third-order valence-corrected chi connectivity index (χ3v) is 4.88. The van der Waals surface area contributed by atoms with Gasteiger partial charge < -0.3 is 16.0 Å². The molecule has 0 radical (unpaired) electrons. The second-order valence-corrected chi connectivity index (χ2v) is 6.45. The van der Waals surface area contributed by atoms with E-state index in [4.69, 9.17) is 0 Å². The minimum absolute atomic E-state index is 0.218. The number of anilines is 2. The molecule has 0 spiro atoms. The molecule has 0 aliphatic rings. The number of carbonyl (C=O) groups is 1. The lowest BCUT2D eigenvalue weighted by molar-refractivity contribution is 0.254. The van der Waals surface area contributed by atoms with Crippen LogP contribution in [0.25, 0.3) is 0 Å². The molecule has 3 N–H and O–H groups in total. The summed E-state index contributed by atoms with van der Waals surface area (Å²) in [5, 5.41) is 8.59. The van der Waals surface area contributed by atoms with Crippen LogP contribution in [0.3, 0.4) is 0 Å². The average molecular weight is 354 g/mol. The summed E-state index contributed by atoms with van der Waals surface area (Å²) in [6.07, 6.45) is 0. The van der Waals surface area contributed by atoms with Gasteiger partial charge in [-0.05, 0) is 53.2 Å². The molecule has 0 unspecified atom stereocenters. The molecule has 2 rings (SSSR count). The second-order valence-electron chi connectivity index (χ2n) is 4.25. The monoisotopic (exact) mass is 353 g/mol. The Morgan fingerprint density at radius 2 is 1.90 bits per heavy atom. The van der Waals surface area contributed by atoms with Crippen LogP contribution in [0.1, 0.15) is 9.75 Å². The van der Waals surface area contributed by atoms with Crippen molar-refractivity contribution < 1.29 is 4.79 Å². The molecule has 0 saturated heterocycles. The van der Waals surface area contributed by atoms with E-state index in [9.17, 15) is 4.79 Å². The first-order valence-electron chi connectivity index (χ1n) is 6.16. The van der Waals surface area contributed by atoms with Gasteiger partial charge in [-0.2, -0.15) is 0 Å². The van der Waals surface area contributed by atoms with E-state index >= 15 is 0 Å². The molecule has 20 heavy (non-hydrogen) atoms. The fourth-order valence-electron chi connectivity index (χ4n) is 1.66. The number of benzene rings is 1. The Morgan fingerprint density at radius 1 is 1.25 bits per heavy atom. The molecule has 2 amide bonds. The van der Waals surface area contributed by atoms with Crippen molar-refractivity contribution in [2.75, 3.05) is 17.7 Å². The summed E-state index contributed by atoms with van der Waals surface area (Å²) in [6.45, 7) is 2.89. The van der Waals surface area contributed by atoms with Gasteiger partial charge in [0.1, 0.15) is 0 Å². The Balaban J connectivity index is 1.92. The van der Waals surface area contributed by atoms with Crippen molar-refractivity contribution in [2.24, 2.45) is 0 Å². The van der Waals surface area contributed by atoms with E-state index in [2.05, 4.69) is 44.9 Å². The summed E-state index contributed by atoms with van der Waals surface area (Å²) in [5.41, 5.74) is 1.79. The van der Waals surface area contributed by atoms with Crippen LogP contribution in [0.5, 0.6) is 0 Å². The highest BCUT2D eigenvalue weighted by atomic mass is 79.9. The molecule has 0 saturated carbocycles. The Kier molecular flexibility index (Phi) is 5.03. The predicted molar refractivity (Wildman–Crippen MR) is 88.6 cm³/mol. The number of halogens is 1. The number of hydrogen-bond acceptors (Lipinski definition) is 3. The summed E-state index contributed by atoms with van der Waals surface area (Å²) in [4.78, 5) is 13.7. The first-order valence-corrected chi connectivity index (χ1v) is 7.77. The Bertz CT molecular complexity index is 575. The van der Waals surface area contributed by atoms with Gasteiger partial charge >= 0.3 is 6.03 Å². The van der Waals surface area contributed by atoms with Crippen LogP contribution in [0, 0.1) is 6.92 Å².